The van der Waals surface area contributed by atoms with Gasteiger partial charge in [-0.2, -0.15) is 0 Å². The molecule has 0 radical (unpaired) electrons. The van der Waals surface area contributed by atoms with Crippen molar-refractivity contribution in [2.24, 2.45) is 0 Å². The molecule has 0 aliphatic carbocycles. The van der Waals surface area contributed by atoms with Gasteiger partial charge in [0.05, 0.1) is 26.4 Å². The molecule has 0 aliphatic heterocycles. The van der Waals surface area contributed by atoms with Crippen LogP contribution in [0.5, 0.6) is 0 Å². The van der Waals surface area contributed by atoms with E-state index in [1.54, 1.807) is 0 Å². The number of phosphoric acid groups is 2. The predicted molar refractivity (Wildman–Crippen MR) is 491 cm³/mol. The van der Waals surface area contributed by atoms with Crippen LogP contribution in [0.3, 0.4) is 0 Å². The van der Waals surface area contributed by atoms with E-state index in [1.807, 2.05) is 0 Å². The third kappa shape index (κ3) is 92.0. The summed E-state index contributed by atoms with van der Waals surface area (Å²) in [7, 11) is -9.80. The van der Waals surface area contributed by atoms with Gasteiger partial charge in [-0.25, -0.2) is 9.13 Å². The molecule has 0 aromatic carbocycles. The fourth-order valence-electron chi connectivity index (χ4n) is 13.0. The Morgan fingerprint density at radius 2 is 0.453 bits per heavy atom. The number of hydrogen-bond donors (Lipinski definition) is 4. The highest BCUT2D eigenvalue weighted by Gasteiger charge is 2.30. The molecule has 5 unspecified atom stereocenters. The zero-order chi connectivity index (χ0) is 85.1. The minimum atomic E-state index is -4.94. The molecule has 0 heterocycles. The van der Waals surface area contributed by atoms with E-state index in [-0.39, 0.29) is 19.3 Å². The van der Waals surface area contributed by atoms with E-state index in [4.69, 9.17) is 32.3 Å². The largest absolute Gasteiger partial charge is 0.472 e. The quantitative estimate of drug-likeness (QED) is 0.0146. The maximum Gasteiger partial charge on any atom is 0.472 e. The van der Waals surface area contributed by atoms with E-state index < -0.39 is 91.5 Å². The van der Waals surface area contributed by atoms with E-state index >= 15 is 0 Å². The summed E-state index contributed by atoms with van der Waals surface area (Å²) in [6, 6.07) is 0. The van der Waals surface area contributed by atoms with Gasteiger partial charge in [0.15, 0.2) is 6.10 Å². The number of carbonyl (C=O) groups excluding carboxylic acids is 3. The fraction of sp³-hybridized carbons (Fsp3) is 0.727. The van der Waals surface area contributed by atoms with Crippen LogP contribution < -0.4 is 0 Å². The van der Waals surface area contributed by atoms with Crippen LogP contribution in [0, 0.1) is 0 Å². The van der Waals surface area contributed by atoms with Crippen molar-refractivity contribution in [3.05, 3.63) is 146 Å². The van der Waals surface area contributed by atoms with E-state index in [0.717, 1.165) is 154 Å². The lowest BCUT2D eigenvalue weighted by Gasteiger charge is -2.21. The second kappa shape index (κ2) is 90.7. The Morgan fingerprint density at radius 1 is 0.248 bits per heavy atom. The number of esters is 3. The molecule has 117 heavy (non-hydrogen) atoms. The number of phosphoric ester groups is 2. The van der Waals surface area contributed by atoms with Gasteiger partial charge >= 0.3 is 33.6 Å². The van der Waals surface area contributed by atoms with Gasteiger partial charge in [-0.3, -0.25) is 32.5 Å². The number of rotatable bonds is 89. The number of allylic oxidation sites excluding steroid dienone is 24. The van der Waals surface area contributed by atoms with E-state index in [9.17, 15) is 43.5 Å². The van der Waals surface area contributed by atoms with Crippen LogP contribution in [-0.2, 0) is 55.8 Å². The molecule has 4 N–H and O–H groups in total. The SMILES string of the molecule is CC/C=C\C/C=C\C/C=C\C/C=C\C/C=C\CCCCCCCCCCCCCCCCCCCCCC(=O)OCC(O)COP(=O)(O)OCC(O)COP(=O)(O)OCC(COC(=O)CCCCCCCCCCCCCCCCCCC/C=C\C/C=C\C/C=C\C/C=C\C/C=C\CC)OC(=O)CCCCCCC/C=C\C/C=C\CCC. The van der Waals surface area contributed by atoms with Crippen molar-refractivity contribution in [3.63, 3.8) is 0 Å². The Bertz CT molecular complexity index is 2710. The van der Waals surface area contributed by atoms with E-state index in [2.05, 4.69) is 167 Å². The highest BCUT2D eigenvalue weighted by atomic mass is 31.2. The Morgan fingerprint density at radius 3 is 0.718 bits per heavy atom. The van der Waals surface area contributed by atoms with Crippen molar-refractivity contribution in [1.82, 2.24) is 0 Å². The number of ether oxygens (including phenoxy) is 3. The number of hydrogen-bond acceptors (Lipinski definition) is 14. The van der Waals surface area contributed by atoms with E-state index in [1.165, 1.54) is 193 Å². The van der Waals surface area contributed by atoms with Crippen LogP contribution in [-0.4, -0.2) is 95.9 Å². The van der Waals surface area contributed by atoms with Gasteiger partial charge in [-0.15, -0.1) is 0 Å². The van der Waals surface area contributed by atoms with Crippen LogP contribution in [0.4, 0.5) is 0 Å². The second-order valence-electron chi connectivity index (χ2n) is 31.4. The number of carbonyl (C=O) groups is 3. The average molecular weight is 1680 g/mol. The molecule has 674 valence electrons. The van der Waals surface area contributed by atoms with Crippen molar-refractivity contribution in [3.8, 4) is 0 Å². The van der Waals surface area contributed by atoms with Crippen LogP contribution >= 0.6 is 15.6 Å². The number of aliphatic hydroxyl groups excluding tert-OH is 2. The first kappa shape index (κ1) is 112. The Labute approximate surface area is 715 Å². The molecule has 0 bridgehead atoms. The first-order valence-electron chi connectivity index (χ1n) is 47.1. The fourth-order valence-corrected chi connectivity index (χ4v) is 14.5. The standard InChI is InChI=1S/C99H172O16P2/c1-4-7-10-13-16-19-22-25-27-29-31-33-35-37-39-41-43-45-46-48-50-51-53-55-57-59-61-63-65-68-70-73-76-79-82-85-97(102)109-88-94(100)89-111-116(105,106)112-90-95(101)91-113-117(107,108)114-93-96(115-99(104)87-84-81-78-75-72-67-24-21-18-15-12-9-6-3)92-110-98(103)86-83-80-77-74-71-69-66-64-62-60-58-56-54-52-49-47-44-42-40-38-36-34-32-30-28-26-23-20-17-14-11-8-5-2/h7-8,10-12,15-17,19-21,24-28,31-34,37-40,94-96,100-101H,4-6,9,13-14,18,22-23,29-30,35-36,41-93H2,1-3H3,(H,105,106)(H,107,108)/b10-7-,11-8-,15-12-,19-16-,20-17-,24-21-,27-25-,28-26-,33-31-,34-32-,39-37-,40-38-. The van der Waals surface area contributed by atoms with Crippen molar-refractivity contribution >= 4 is 33.6 Å². The molecule has 5 atom stereocenters. The minimum Gasteiger partial charge on any atom is -0.463 e. The Kier molecular flexibility index (Phi) is 87.1. The molecular weight excluding hydrogens is 1510 g/mol. The third-order valence-corrected chi connectivity index (χ3v) is 21.9. The predicted octanol–water partition coefficient (Wildman–Crippen LogP) is 29.1. The topological polar surface area (TPSA) is 231 Å². The van der Waals surface area contributed by atoms with Gasteiger partial charge in [-0.1, -0.05) is 398 Å². The molecule has 0 saturated carbocycles. The molecule has 0 saturated heterocycles. The molecule has 0 rings (SSSR count). The lowest BCUT2D eigenvalue weighted by atomic mass is 10.0. The van der Waals surface area contributed by atoms with Gasteiger partial charge in [0.25, 0.3) is 0 Å². The minimum absolute atomic E-state index is 0.0886. The van der Waals surface area contributed by atoms with E-state index in [0.29, 0.717) is 19.3 Å². The first-order chi connectivity index (χ1) is 57.2. The summed E-state index contributed by atoms with van der Waals surface area (Å²) in [5.74, 6) is -1.57. The maximum absolute atomic E-state index is 13.0. The molecule has 0 amide bonds. The number of aliphatic hydroxyl groups is 2. The first-order valence-corrected chi connectivity index (χ1v) is 50.1. The highest BCUT2D eigenvalue weighted by molar-refractivity contribution is 7.47. The summed E-state index contributed by atoms with van der Waals surface area (Å²) in [5.41, 5.74) is 0. The third-order valence-electron chi connectivity index (χ3n) is 20.0. The second-order valence-corrected chi connectivity index (χ2v) is 34.3. The summed E-state index contributed by atoms with van der Waals surface area (Å²) >= 11 is 0. The van der Waals surface area contributed by atoms with Crippen molar-refractivity contribution in [1.29, 1.82) is 0 Å². The lowest BCUT2D eigenvalue weighted by Crippen LogP contribution is -2.30. The van der Waals surface area contributed by atoms with Gasteiger partial charge in [-0.05, 0) is 135 Å². The van der Waals surface area contributed by atoms with Crippen LogP contribution in [0.1, 0.15) is 406 Å². The molecule has 0 aromatic heterocycles. The zero-order valence-electron chi connectivity index (χ0n) is 74.3. The van der Waals surface area contributed by atoms with Crippen LogP contribution in [0.15, 0.2) is 146 Å². The lowest BCUT2D eigenvalue weighted by molar-refractivity contribution is -0.161. The van der Waals surface area contributed by atoms with Crippen LogP contribution in [0.2, 0.25) is 0 Å². The Hall–Kier alpha value is -4.57. The summed E-state index contributed by atoms with van der Waals surface area (Å²) in [6.45, 7) is 2.43. The Balaban J connectivity index is 4.35. The van der Waals surface area contributed by atoms with Gasteiger partial charge in [0.1, 0.15) is 25.4 Å². The maximum atomic E-state index is 13.0. The summed E-state index contributed by atoms with van der Waals surface area (Å²) < 4.78 is 61.4. The molecule has 18 heteroatoms. The smallest absolute Gasteiger partial charge is 0.463 e. The van der Waals surface area contributed by atoms with Gasteiger partial charge in [0.2, 0.25) is 0 Å². The summed E-state index contributed by atoms with van der Waals surface area (Å²) in [4.78, 5) is 58.9. The van der Waals surface area contributed by atoms with Crippen molar-refractivity contribution in [2.45, 2.75) is 424 Å². The zero-order valence-corrected chi connectivity index (χ0v) is 76.1. The molecular formula is C99H172O16P2. The average Bonchev–Trinajstić information content (AvgIpc) is 0.900. The molecule has 0 fully saturated rings. The highest BCUT2D eigenvalue weighted by Crippen LogP contribution is 2.45. The molecule has 16 nitrogen and oxygen atoms in total. The summed E-state index contributed by atoms with van der Waals surface area (Å²) in [5, 5.41) is 20.7. The number of unbranched alkanes of at least 4 members (excludes halogenated alkanes) is 42. The van der Waals surface area contributed by atoms with Gasteiger partial charge < -0.3 is 34.2 Å². The summed E-state index contributed by atoms with van der Waals surface area (Å²) in [6.07, 6.45) is 115. The normalized spacial score (nSPS) is 14.4. The van der Waals surface area contributed by atoms with Gasteiger partial charge in [0, 0.05) is 19.3 Å². The molecule has 0 spiro atoms. The van der Waals surface area contributed by atoms with Crippen LogP contribution in [0.25, 0.3) is 0 Å². The van der Waals surface area contributed by atoms with Crippen molar-refractivity contribution in [2.75, 3.05) is 39.6 Å². The monoisotopic (exact) mass is 1680 g/mol. The molecule has 0 aliphatic rings. The van der Waals surface area contributed by atoms with Crippen molar-refractivity contribution < 1.29 is 75.8 Å². The molecule has 0 aromatic rings.